The molecule has 0 aliphatic carbocycles. The molecular formula is C29H62N+. The summed E-state index contributed by atoms with van der Waals surface area (Å²) in [6.45, 7) is 8.39. The van der Waals surface area contributed by atoms with Crippen molar-refractivity contribution in [3.05, 3.63) is 0 Å². The molecule has 1 atom stereocenters. The van der Waals surface area contributed by atoms with Crippen LogP contribution in [-0.4, -0.2) is 31.2 Å². The molecule has 0 saturated carbocycles. The van der Waals surface area contributed by atoms with Gasteiger partial charge in [-0.05, 0) is 32.1 Å². The van der Waals surface area contributed by atoms with E-state index in [0.717, 1.165) is 6.04 Å². The number of nitrogens with zero attached hydrogens (tertiary/aromatic N) is 1. The maximum atomic E-state index is 2.48. The molecule has 0 amide bonds. The summed E-state index contributed by atoms with van der Waals surface area (Å²) in [5.74, 6) is 0. The van der Waals surface area contributed by atoms with E-state index < -0.39 is 0 Å². The Morgan fingerprint density at radius 2 is 0.767 bits per heavy atom. The van der Waals surface area contributed by atoms with Crippen LogP contribution in [0, 0.1) is 0 Å². The lowest BCUT2D eigenvalue weighted by Crippen LogP contribution is -2.49. The predicted octanol–water partition coefficient (Wildman–Crippen LogP) is 10.1. The van der Waals surface area contributed by atoms with Crippen LogP contribution in [0.5, 0.6) is 0 Å². The molecular weight excluding hydrogens is 362 g/mol. The number of hydrogen-bond donors (Lipinski definition) is 0. The van der Waals surface area contributed by atoms with E-state index in [0.29, 0.717) is 0 Å². The molecule has 0 heterocycles. The van der Waals surface area contributed by atoms with Crippen molar-refractivity contribution in [2.75, 3.05) is 20.6 Å². The molecule has 0 aromatic carbocycles. The molecule has 0 aliphatic rings. The smallest absolute Gasteiger partial charge is 0.0883 e. The lowest BCUT2D eigenvalue weighted by Gasteiger charge is -2.38. The SMILES string of the molecule is CCCCCCCCCCCCCCCCCCC(CC)[N+](C)(C)CCCCCC. The minimum atomic E-state index is 0.873. The van der Waals surface area contributed by atoms with Crippen LogP contribution < -0.4 is 0 Å². The Labute approximate surface area is 193 Å². The highest BCUT2D eigenvalue weighted by molar-refractivity contribution is 4.58. The van der Waals surface area contributed by atoms with Crippen molar-refractivity contribution in [2.24, 2.45) is 0 Å². The quantitative estimate of drug-likeness (QED) is 0.107. The van der Waals surface area contributed by atoms with E-state index in [9.17, 15) is 0 Å². The van der Waals surface area contributed by atoms with Crippen molar-refractivity contribution in [1.29, 1.82) is 0 Å². The lowest BCUT2D eigenvalue weighted by molar-refractivity contribution is -0.915. The molecule has 0 rings (SSSR count). The normalized spacial score (nSPS) is 13.1. The Kier molecular flexibility index (Phi) is 22.1. The van der Waals surface area contributed by atoms with E-state index >= 15 is 0 Å². The first kappa shape index (κ1) is 30.0. The van der Waals surface area contributed by atoms with E-state index in [1.807, 2.05) is 0 Å². The second-order valence-electron chi connectivity index (χ2n) is 10.7. The third-order valence-corrected chi connectivity index (χ3v) is 7.44. The fourth-order valence-corrected chi connectivity index (χ4v) is 5.10. The van der Waals surface area contributed by atoms with Crippen molar-refractivity contribution in [3.63, 3.8) is 0 Å². The fourth-order valence-electron chi connectivity index (χ4n) is 5.10. The summed E-state index contributed by atoms with van der Waals surface area (Å²) in [5, 5.41) is 0. The van der Waals surface area contributed by atoms with E-state index in [4.69, 9.17) is 0 Å². The van der Waals surface area contributed by atoms with Gasteiger partial charge in [-0.15, -0.1) is 0 Å². The maximum Gasteiger partial charge on any atom is 0.0883 e. The molecule has 0 aliphatic heterocycles. The average Bonchev–Trinajstić information content (AvgIpc) is 2.73. The van der Waals surface area contributed by atoms with Gasteiger partial charge < -0.3 is 4.48 Å². The summed E-state index contributed by atoms with van der Waals surface area (Å²) in [7, 11) is 4.96. The number of quaternary nitrogens is 1. The van der Waals surface area contributed by atoms with Crippen molar-refractivity contribution < 1.29 is 4.48 Å². The van der Waals surface area contributed by atoms with Crippen LogP contribution in [0.15, 0.2) is 0 Å². The second kappa shape index (κ2) is 22.2. The largest absolute Gasteiger partial charge is 0.326 e. The van der Waals surface area contributed by atoms with Crippen LogP contribution in [-0.2, 0) is 0 Å². The van der Waals surface area contributed by atoms with E-state index in [1.54, 1.807) is 0 Å². The summed E-state index contributed by atoms with van der Waals surface area (Å²) in [6, 6.07) is 0.873. The molecule has 30 heavy (non-hydrogen) atoms. The zero-order valence-electron chi connectivity index (χ0n) is 22.3. The van der Waals surface area contributed by atoms with Crippen LogP contribution in [0.25, 0.3) is 0 Å². The first-order valence-corrected chi connectivity index (χ1v) is 14.4. The van der Waals surface area contributed by atoms with Crippen molar-refractivity contribution >= 4 is 0 Å². The molecule has 0 aromatic rings. The molecule has 1 unspecified atom stereocenters. The number of hydrogen-bond acceptors (Lipinski definition) is 0. The highest BCUT2D eigenvalue weighted by Crippen LogP contribution is 2.20. The highest BCUT2D eigenvalue weighted by atomic mass is 15.3. The maximum absolute atomic E-state index is 2.48. The monoisotopic (exact) mass is 424 g/mol. The molecule has 0 aromatic heterocycles. The van der Waals surface area contributed by atoms with E-state index in [-0.39, 0.29) is 0 Å². The first-order chi connectivity index (χ1) is 14.6. The van der Waals surface area contributed by atoms with Gasteiger partial charge >= 0.3 is 0 Å². The summed E-state index contributed by atoms with van der Waals surface area (Å²) in [6.07, 6.45) is 31.9. The van der Waals surface area contributed by atoms with Gasteiger partial charge in [0.2, 0.25) is 0 Å². The van der Waals surface area contributed by atoms with Crippen LogP contribution >= 0.6 is 0 Å². The van der Waals surface area contributed by atoms with Gasteiger partial charge in [0, 0.05) is 0 Å². The van der Waals surface area contributed by atoms with Crippen LogP contribution in [0.2, 0.25) is 0 Å². The van der Waals surface area contributed by atoms with Gasteiger partial charge in [0.05, 0.1) is 26.7 Å². The Morgan fingerprint density at radius 1 is 0.433 bits per heavy atom. The molecule has 0 bridgehead atoms. The molecule has 0 radical (unpaired) electrons. The molecule has 0 saturated heterocycles. The third kappa shape index (κ3) is 18.7. The standard InChI is InChI=1S/C29H62N/c1-6-9-11-13-14-15-16-17-18-19-20-21-22-23-24-25-27-29(8-3)30(4,5)28-26-12-10-7-2/h29H,6-28H2,1-5H3/q+1. The van der Waals surface area contributed by atoms with Crippen LogP contribution in [0.3, 0.4) is 0 Å². The van der Waals surface area contributed by atoms with Crippen molar-refractivity contribution in [2.45, 2.75) is 168 Å². The number of rotatable bonds is 24. The molecule has 1 nitrogen and oxygen atoms in total. The summed E-state index contributed by atoms with van der Waals surface area (Å²) >= 11 is 0. The topological polar surface area (TPSA) is 0 Å². The van der Waals surface area contributed by atoms with E-state index in [2.05, 4.69) is 34.9 Å². The van der Waals surface area contributed by atoms with Gasteiger partial charge in [0.15, 0.2) is 0 Å². The molecule has 0 N–H and O–H groups in total. The van der Waals surface area contributed by atoms with Crippen LogP contribution in [0.1, 0.15) is 162 Å². The van der Waals surface area contributed by atoms with Gasteiger partial charge in [-0.2, -0.15) is 0 Å². The molecule has 0 spiro atoms. The number of unbranched alkanes of at least 4 members (excludes halogenated alkanes) is 18. The lowest BCUT2D eigenvalue weighted by atomic mass is 10.0. The van der Waals surface area contributed by atoms with Gasteiger partial charge in [0.1, 0.15) is 0 Å². The molecule has 0 fully saturated rings. The summed E-state index contributed by atoms with van der Waals surface area (Å²) in [5.41, 5.74) is 0. The minimum absolute atomic E-state index is 0.873. The van der Waals surface area contributed by atoms with Gasteiger partial charge in [-0.3, -0.25) is 0 Å². The first-order valence-electron chi connectivity index (χ1n) is 14.4. The summed E-state index contributed by atoms with van der Waals surface area (Å²) < 4.78 is 1.25. The zero-order chi connectivity index (χ0) is 22.3. The minimum Gasteiger partial charge on any atom is -0.326 e. The van der Waals surface area contributed by atoms with Crippen molar-refractivity contribution in [1.82, 2.24) is 0 Å². The zero-order valence-corrected chi connectivity index (χ0v) is 22.3. The fraction of sp³-hybridized carbons (Fsp3) is 1.00. The molecule has 1 heteroatoms. The van der Waals surface area contributed by atoms with Gasteiger partial charge in [-0.25, -0.2) is 0 Å². The Morgan fingerprint density at radius 3 is 1.13 bits per heavy atom. The van der Waals surface area contributed by atoms with Gasteiger partial charge in [-0.1, -0.05) is 130 Å². The second-order valence-corrected chi connectivity index (χ2v) is 10.7. The predicted molar refractivity (Wildman–Crippen MR) is 139 cm³/mol. The Hall–Kier alpha value is -0.0400. The van der Waals surface area contributed by atoms with Crippen molar-refractivity contribution in [3.8, 4) is 0 Å². The molecule has 182 valence electrons. The summed E-state index contributed by atoms with van der Waals surface area (Å²) in [4.78, 5) is 0. The highest BCUT2D eigenvalue weighted by Gasteiger charge is 2.25. The van der Waals surface area contributed by atoms with E-state index in [1.165, 1.54) is 152 Å². The Bertz CT molecular complexity index is 322. The van der Waals surface area contributed by atoms with Crippen LogP contribution in [0.4, 0.5) is 0 Å². The van der Waals surface area contributed by atoms with Gasteiger partial charge in [0.25, 0.3) is 0 Å². The third-order valence-electron chi connectivity index (χ3n) is 7.44. The Balaban J connectivity index is 3.46. The average molecular weight is 425 g/mol.